The van der Waals surface area contributed by atoms with E-state index in [1.54, 1.807) is 36.4 Å². The predicted molar refractivity (Wildman–Crippen MR) is 111 cm³/mol. The van der Waals surface area contributed by atoms with Crippen LogP contribution in [0.25, 0.3) is 6.08 Å². The van der Waals surface area contributed by atoms with Crippen LogP contribution in [0, 0.1) is 0 Å². The number of hydrogen-bond acceptors (Lipinski definition) is 7. The molecule has 0 aliphatic carbocycles. The molecule has 30 heavy (non-hydrogen) atoms. The first-order valence-electron chi connectivity index (χ1n) is 9.00. The lowest BCUT2D eigenvalue weighted by atomic mass is 10.1. The maximum atomic E-state index is 12.6. The number of sulfonamides is 1. The molecular formula is C21H21NO7S. The second kappa shape index (κ2) is 8.58. The Kier molecular flexibility index (Phi) is 6.12. The van der Waals surface area contributed by atoms with E-state index >= 15 is 0 Å². The molecule has 9 heteroatoms. The minimum Gasteiger partial charge on any atom is -0.493 e. The monoisotopic (exact) mass is 431 g/mol. The van der Waals surface area contributed by atoms with Crippen molar-refractivity contribution in [1.82, 2.24) is 0 Å². The Hall–Kier alpha value is -3.33. The summed E-state index contributed by atoms with van der Waals surface area (Å²) < 4.78 is 40.3. The van der Waals surface area contributed by atoms with E-state index in [0.29, 0.717) is 35.5 Å². The van der Waals surface area contributed by atoms with Crippen LogP contribution in [0.15, 0.2) is 42.5 Å². The van der Waals surface area contributed by atoms with Crippen molar-refractivity contribution in [2.24, 2.45) is 0 Å². The molecule has 158 valence electrons. The Morgan fingerprint density at radius 1 is 1.07 bits per heavy atom. The van der Waals surface area contributed by atoms with E-state index in [2.05, 4.69) is 4.74 Å². The van der Waals surface area contributed by atoms with Crippen LogP contribution >= 0.6 is 0 Å². The number of carbonyl (C=O) groups excluding carboxylic acids is 2. The number of ether oxygens (including phenoxy) is 3. The largest absolute Gasteiger partial charge is 0.493 e. The highest BCUT2D eigenvalue weighted by molar-refractivity contribution is 7.92. The average Bonchev–Trinajstić information content (AvgIpc) is 3.16. The van der Waals surface area contributed by atoms with Crippen LogP contribution in [0.4, 0.5) is 5.69 Å². The molecule has 0 saturated heterocycles. The Bertz CT molecular complexity index is 1120. The van der Waals surface area contributed by atoms with Gasteiger partial charge in [-0.2, -0.15) is 0 Å². The summed E-state index contributed by atoms with van der Waals surface area (Å²) in [6, 6.07) is 9.63. The Morgan fingerprint density at radius 2 is 1.83 bits per heavy atom. The van der Waals surface area contributed by atoms with Crippen molar-refractivity contribution in [2.75, 3.05) is 31.3 Å². The van der Waals surface area contributed by atoms with Gasteiger partial charge in [0.1, 0.15) is 0 Å². The molecule has 8 nitrogen and oxygen atoms in total. The lowest BCUT2D eigenvalue weighted by molar-refractivity contribution is -0.134. The summed E-state index contributed by atoms with van der Waals surface area (Å²) in [6.07, 6.45) is 4.49. The van der Waals surface area contributed by atoms with E-state index in [1.165, 1.54) is 30.7 Å². The van der Waals surface area contributed by atoms with Crippen molar-refractivity contribution >= 4 is 33.7 Å². The minimum atomic E-state index is -3.36. The topological polar surface area (TPSA) is 99.2 Å². The summed E-state index contributed by atoms with van der Waals surface area (Å²) in [5, 5.41) is 0. The van der Waals surface area contributed by atoms with Crippen LogP contribution in [0.5, 0.6) is 11.5 Å². The van der Waals surface area contributed by atoms with Crippen molar-refractivity contribution in [3.8, 4) is 11.5 Å². The Balaban J connectivity index is 1.79. The normalized spacial score (nSPS) is 13.2. The van der Waals surface area contributed by atoms with Gasteiger partial charge in [-0.05, 0) is 54.0 Å². The van der Waals surface area contributed by atoms with Crippen LogP contribution in [0.1, 0.15) is 21.5 Å². The highest BCUT2D eigenvalue weighted by Gasteiger charge is 2.27. The molecule has 1 aliphatic heterocycles. The number of hydrogen-bond donors (Lipinski definition) is 0. The van der Waals surface area contributed by atoms with Crippen LogP contribution < -0.4 is 13.8 Å². The van der Waals surface area contributed by atoms with Crippen molar-refractivity contribution in [2.45, 2.75) is 6.42 Å². The lowest BCUT2D eigenvalue weighted by Crippen LogP contribution is -2.27. The molecule has 0 spiro atoms. The van der Waals surface area contributed by atoms with E-state index in [1.807, 2.05) is 0 Å². The van der Waals surface area contributed by atoms with Gasteiger partial charge >= 0.3 is 11.9 Å². The van der Waals surface area contributed by atoms with Crippen LogP contribution in [0.2, 0.25) is 0 Å². The highest BCUT2D eigenvalue weighted by Crippen LogP contribution is 2.32. The summed E-state index contributed by atoms with van der Waals surface area (Å²) in [4.78, 5) is 23.8. The quantitative estimate of drug-likeness (QED) is 0.393. The van der Waals surface area contributed by atoms with Crippen molar-refractivity contribution in [3.05, 3.63) is 59.2 Å². The molecule has 1 heterocycles. The van der Waals surface area contributed by atoms with E-state index in [9.17, 15) is 18.0 Å². The minimum absolute atomic E-state index is 0.218. The third kappa shape index (κ3) is 4.62. The standard InChI is InChI=1S/C21H21NO7S/c1-27-19-12-14(5-9-20(23)28-2)4-8-18(19)29-21(24)16-6-7-17-15(13-16)10-11-22(17)30(3,25)26/h4-9,12-13H,10-11H2,1-3H3/b9-5+. The maximum Gasteiger partial charge on any atom is 0.343 e. The van der Waals surface area contributed by atoms with Gasteiger partial charge < -0.3 is 14.2 Å². The zero-order chi connectivity index (χ0) is 21.9. The summed E-state index contributed by atoms with van der Waals surface area (Å²) in [5.41, 5.74) is 2.31. The molecule has 1 aliphatic rings. The van der Waals surface area contributed by atoms with E-state index in [4.69, 9.17) is 9.47 Å². The molecule has 0 N–H and O–H groups in total. The van der Waals surface area contributed by atoms with Crippen LogP contribution in [0.3, 0.4) is 0 Å². The van der Waals surface area contributed by atoms with Gasteiger partial charge in [-0.3, -0.25) is 4.31 Å². The average molecular weight is 431 g/mol. The molecule has 0 fully saturated rings. The fourth-order valence-corrected chi connectivity index (χ4v) is 4.06. The number of nitrogens with zero attached hydrogens (tertiary/aromatic N) is 1. The summed E-state index contributed by atoms with van der Waals surface area (Å²) in [7, 11) is -0.631. The lowest BCUT2D eigenvalue weighted by Gasteiger charge is -2.16. The number of carbonyl (C=O) groups is 2. The molecule has 0 amide bonds. The number of anilines is 1. The van der Waals surface area contributed by atoms with Gasteiger partial charge in [-0.25, -0.2) is 18.0 Å². The molecule has 0 atom stereocenters. The van der Waals surface area contributed by atoms with Crippen molar-refractivity contribution < 1.29 is 32.2 Å². The fraction of sp³-hybridized carbons (Fsp3) is 0.238. The summed E-state index contributed by atoms with van der Waals surface area (Å²) in [6.45, 7) is 0.348. The number of fused-ring (bicyclic) bond motifs is 1. The van der Waals surface area contributed by atoms with Crippen molar-refractivity contribution in [3.63, 3.8) is 0 Å². The van der Waals surface area contributed by atoms with E-state index in [0.717, 1.165) is 11.8 Å². The Morgan fingerprint density at radius 3 is 2.50 bits per heavy atom. The first-order chi connectivity index (χ1) is 14.2. The zero-order valence-electron chi connectivity index (χ0n) is 16.7. The number of rotatable bonds is 6. The van der Waals surface area contributed by atoms with Crippen molar-refractivity contribution in [1.29, 1.82) is 0 Å². The third-order valence-corrected chi connectivity index (χ3v) is 5.75. The maximum absolute atomic E-state index is 12.6. The number of esters is 2. The van der Waals surface area contributed by atoms with Gasteiger partial charge in [-0.1, -0.05) is 6.07 Å². The molecule has 0 saturated carbocycles. The Labute approximate surface area is 174 Å². The van der Waals surface area contributed by atoms with Gasteiger partial charge in [0.2, 0.25) is 10.0 Å². The SMILES string of the molecule is COC(=O)/C=C/c1ccc(OC(=O)c2ccc3c(c2)CCN3S(C)(=O)=O)c(OC)c1. The second-order valence-corrected chi connectivity index (χ2v) is 8.49. The number of methoxy groups -OCH3 is 2. The van der Waals surface area contributed by atoms with E-state index < -0.39 is 22.0 Å². The molecular weight excluding hydrogens is 410 g/mol. The molecule has 0 radical (unpaired) electrons. The third-order valence-electron chi connectivity index (χ3n) is 4.57. The van der Waals surface area contributed by atoms with Gasteiger partial charge in [0.25, 0.3) is 0 Å². The van der Waals surface area contributed by atoms with Gasteiger partial charge in [0.15, 0.2) is 11.5 Å². The first kappa shape index (κ1) is 21.4. The predicted octanol–water partition coefficient (Wildman–Crippen LogP) is 2.42. The second-order valence-electron chi connectivity index (χ2n) is 6.58. The first-order valence-corrected chi connectivity index (χ1v) is 10.8. The molecule has 3 rings (SSSR count). The summed E-state index contributed by atoms with van der Waals surface area (Å²) >= 11 is 0. The van der Waals surface area contributed by atoms with E-state index in [-0.39, 0.29) is 5.75 Å². The van der Waals surface area contributed by atoms with Gasteiger partial charge in [0.05, 0.1) is 31.7 Å². The molecule has 2 aromatic rings. The number of benzene rings is 2. The van der Waals surface area contributed by atoms with Gasteiger partial charge in [0, 0.05) is 12.6 Å². The molecule has 0 bridgehead atoms. The fourth-order valence-electron chi connectivity index (χ4n) is 3.11. The molecule has 2 aromatic carbocycles. The van der Waals surface area contributed by atoms with Crippen LogP contribution in [-0.4, -0.2) is 47.4 Å². The highest BCUT2D eigenvalue weighted by atomic mass is 32.2. The zero-order valence-corrected chi connectivity index (χ0v) is 17.6. The molecule has 0 aromatic heterocycles. The summed E-state index contributed by atoms with van der Waals surface area (Å²) in [5.74, 6) is -0.543. The van der Waals surface area contributed by atoms with Crippen LogP contribution in [-0.2, 0) is 26.0 Å². The molecule has 0 unspecified atom stereocenters. The smallest absolute Gasteiger partial charge is 0.343 e. The van der Waals surface area contributed by atoms with Gasteiger partial charge in [-0.15, -0.1) is 0 Å².